The molecule has 27 heavy (non-hydrogen) atoms. The van der Waals surface area contributed by atoms with Crippen LogP contribution >= 0.6 is 23.2 Å². The highest BCUT2D eigenvalue weighted by atomic mass is 35.5. The summed E-state index contributed by atoms with van der Waals surface area (Å²) in [7, 11) is 0. The number of fused-ring (bicyclic) bond motifs is 2. The molecule has 142 valence electrons. The van der Waals surface area contributed by atoms with Crippen molar-refractivity contribution >= 4 is 34.8 Å². The molecule has 3 atom stereocenters. The number of aliphatic hydroxyl groups excluding tert-OH is 1. The Morgan fingerprint density at radius 3 is 2.89 bits per heavy atom. The van der Waals surface area contributed by atoms with Gasteiger partial charge in [-0.2, -0.15) is 0 Å². The maximum Gasteiger partial charge on any atom is 0.250 e. The lowest BCUT2D eigenvalue weighted by Crippen LogP contribution is -2.50. The third kappa shape index (κ3) is 2.92. The number of hydrogen-bond acceptors (Lipinski definition) is 4. The van der Waals surface area contributed by atoms with Gasteiger partial charge in [0.25, 0.3) is 0 Å². The predicted molar refractivity (Wildman–Crippen MR) is 103 cm³/mol. The third-order valence-electron chi connectivity index (χ3n) is 5.35. The van der Waals surface area contributed by atoms with Crippen LogP contribution in [0.4, 0.5) is 10.1 Å². The highest BCUT2D eigenvalue weighted by Crippen LogP contribution is 2.52. The summed E-state index contributed by atoms with van der Waals surface area (Å²) in [5.41, 5.74) is 0.600. The number of anilines is 1. The molecule has 5 nitrogen and oxygen atoms in total. The van der Waals surface area contributed by atoms with Crippen LogP contribution < -0.4 is 16.0 Å². The summed E-state index contributed by atoms with van der Waals surface area (Å²) in [4.78, 5) is 13.1. The third-order valence-corrected chi connectivity index (χ3v) is 5.87. The summed E-state index contributed by atoms with van der Waals surface area (Å²) >= 11 is 12.1. The van der Waals surface area contributed by atoms with E-state index in [1.807, 2.05) is 0 Å². The largest absolute Gasteiger partial charge is 0.381 e. The Labute approximate surface area is 165 Å². The van der Waals surface area contributed by atoms with Gasteiger partial charge in [-0.05, 0) is 30.2 Å². The smallest absolute Gasteiger partial charge is 0.250 e. The van der Waals surface area contributed by atoms with Crippen molar-refractivity contribution in [3.63, 3.8) is 0 Å². The molecule has 1 spiro atoms. The van der Waals surface area contributed by atoms with Crippen LogP contribution in [0.1, 0.15) is 23.5 Å². The molecule has 1 amide bonds. The van der Waals surface area contributed by atoms with E-state index in [-0.39, 0.29) is 23.7 Å². The Kier molecular flexibility index (Phi) is 4.86. The van der Waals surface area contributed by atoms with E-state index in [1.165, 1.54) is 6.07 Å². The summed E-state index contributed by atoms with van der Waals surface area (Å²) in [5, 5.41) is 18.7. The lowest BCUT2D eigenvalue weighted by molar-refractivity contribution is -0.122. The molecule has 0 aliphatic carbocycles. The molecule has 0 unspecified atom stereocenters. The van der Waals surface area contributed by atoms with Gasteiger partial charge in [-0.1, -0.05) is 41.4 Å². The zero-order chi connectivity index (χ0) is 19.2. The molecular weight excluding hydrogens is 392 g/mol. The summed E-state index contributed by atoms with van der Waals surface area (Å²) in [6, 6.07) is 9.89. The average Bonchev–Trinajstić information content (AvgIpc) is 3.14. The maximum atomic E-state index is 14.9. The molecule has 1 saturated heterocycles. The number of hydrogen-bond donors (Lipinski definition) is 4. The first-order valence-corrected chi connectivity index (χ1v) is 9.37. The SMILES string of the molecule is O=C1Nc2cc(Cl)ccc2[C@]12N[C@@H](CNCO)C[C@@H]2c1cccc(Cl)c1F. The van der Waals surface area contributed by atoms with E-state index in [4.69, 9.17) is 28.3 Å². The van der Waals surface area contributed by atoms with Crippen LogP contribution in [0, 0.1) is 5.82 Å². The minimum Gasteiger partial charge on any atom is -0.381 e. The van der Waals surface area contributed by atoms with Crippen molar-refractivity contribution in [3.05, 3.63) is 63.4 Å². The zero-order valence-electron chi connectivity index (χ0n) is 14.2. The van der Waals surface area contributed by atoms with Gasteiger partial charge < -0.3 is 10.4 Å². The van der Waals surface area contributed by atoms with E-state index in [0.717, 1.165) is 5.56 Å². The molecule has 0 saturated carbocycles. The lowest BCUT2D eigenvalue weighted by atomic mass is 9.76. The van der Waals surface area contributed by atoms with Gasteiger partial charge in [0, 0.05) is 34.8 Å². The molecule has 1 fully saturated rings. The Morgan fingerprint density at radius 1 is 1.30 bits per heavy atom. The number of carbonyl (C=O) groups excluding carboxylic acids is 1. The Bertz CT molecular complexity index is 911. The van der Waals surface area contributed by atoms with Gasteiger partial charge in [0.1, 0.15) is 11.4 Å². The highest BCUT2D eigenvalue weighted by Gasteiger charge is 2.58. The van der Waals surface area contributed by atoms with Gasteiger partial charge in [0.15, 0.2) is 0 Å². The summed E-state index contributed by atoms with van der Waals surface area (Å²) < 4.78 is 14.9. The van der Waals surface area contributed by atoms with Crippen molar-refractivity contribution < 1.29 is 14.3 Å². The van der Waals surface area contributed by atoms with Gasteiger partial charge in [0.05, 0.1) is 11.8 Å². The fraction of sp³-hybridized carbons (Fsp3) is 0.316. The molecule has 2 aromatic rings. The topological polar surface area (TPSA) is 73.4 Å². The van der Waals surface area contributed by atoms with Crippen LogP contribution in [0.2, 0.25) is 10.0 Å². The van der Waals surface area contributed by atoms with Crippen LogP contribution in [0.5, 0.6) is 0 Å². The van der Waals surface area contributed by atoms with Gasteiger partial charge in [-0.15, -0.1) is 0 Å². The van der Waals surface area contributed by atoms with Crippen LogP contribution in [0.15, 0.2) is 36.4 Å². The quantitative estimate of drug-likeness (QED) is 0.585. The fourth-order valence-corrected chi connectivity index (χ4v) is 4.62. The second kappa shape index (κ2) is 7.04. The van der Waals surface area contributed by atoms with Crippen molar-refractivity contribution in [2.45, 2.75) is 23.9 Å². The standard InChI is InChI=1S/C19H18Cl2FN3O2/c20-10-4-5-13-16(6-10)24-18(27)19(13)14(7-11(25-19)8-23-9-26)12-2-1-3-15(21)17(12)22/h1-6,11,14,23,25-26H,7-9H2,(H,24,27)/t11-,14-,19-/m1/s1. The van der Waals surface area contributed by atoms with Crippen LogP contribution in [-0.2, 0) is 10.3 Å². The number of carbonyl (C=O) groups is 1. The van der Waals surface area contributed by atoms with E-state index in [9.17, 15) is 9.18 Å². The number of amides is 1. The first-order valence-electron chi connectivity index (χ1n) is 8.62. The van der Waals surface area contributed by atoms with Gasteiger partial charge in [-0.3, -0.25) is 15.4 Å². The first kappa shape index (κ1) is 18.7. The minimum absolute atomic E-state index is 0.0225. The molecule has 2 heterocycles. The number of benzene rings is 2. The number of halogens is 3. The second-order valence-corrected chi connectivity index (χ2v) is 7.68. The molecule has 0 radical (unpaired) electrons. The number of nitrogens with one attached hydrogen (secondary N) is 3. The van der Waals surface area contributed by atoms with E-state index in [1.54, 1.807) is 30.3 Å². The number of aliphatic hydroxyl groups is 1. The highest BCUT2D eigenvalue weighted by molar-refractivity contribution is 6.31. The monoisotopic (exact) mass is 409 g/mol. The lowest BCUT2D eigenvalue weighted by Gasteiger charge is -2.30. The minimum atomic E-state index is -1.13. The molecular formula is C19H18Cl2FN3O2. The van der Waals surface area contributed by atoms with E-state index >= 15 is 0 Å². The van der Waals surface area contributed by atoms with E-state index in [0.29, 0.717) is 29.2 Å². The first-order chi connectivity index (χ1) is 13.0. The van der Waals surface area contributed by atoms with Gasteiger partial charge >= 0.3 is 0 Å². The van der Waals surface area contributed by atoms with Crippen molar-refractivity contribution in [2.75, 3.05) is 18.6 Å². The molecule has 2 aliphatic heterocycles. The normalized spacial score (nSPS) is 26.4. The van der Waals surface area contributed by atoms with Crippen LogP contribution in [-0.4, -0.2) is 30.3 Å². The molecule has 2 aliphatic rings. The summed E-state index contributed by atoms with van der Waals surface area (Å²) in [5.74, 6) is -1.24. The summed E-state index contributed by atoms with van der Waals surface area (Å²) in [6.45, 7) is 0.257. The average molecular weight is 410 g/mol. The Hall–Kier alpha value is -1.70. The molecule has 0 bridgehead atoms. The van der Waals surface area contributed by atoms with Crippen LogP contribution in [0.3, 0.4) is 0 Å². The van der Waals surface area contributed by atoms with E-state index in [2.05, 4.69) is 16.0 Å². The zero-order valence-corrected chi connectivity index (χ0v) is 15.7. The van der Waals surface area contributed by atoms with Gasteiger partial charge in [0.2, 0.25) is 5.91 Å². The van der Waals surface area contributed by atoms with Crippen molar-refractivity contribution in [2.24, 2.45) is 0 Å². The van der Waals surface area contributed by atoms with E-state index < -0.39 is 17.3 Å². The molecule has 2 aromatic carbocycles. The second-order valence-electron chi connectivity index (χ2n) is 6.84. The van der Waals surface area contributed by atoms with Crippen molar-refractivity contribution in [1.29, 1.82) is 0 Å². The van der Waals surface area contributed by atoms with Gasteiger partial charge in [-0.25, -0.2) is 4.39 Å². The Balaban J connectivity index is 1.86. The van der Waals surface area contributed by atoms with Crippen molar-refractivity contribution in [3.8, 4) is 0 Å². The molecule has 8 heteroatoms. The van der Waals surface area contributed by atoms with Crippen molar-refractivity contribution in [1.82, 2.24) is 10.6 Å². The molecule has 0 aromatic heterocycles. The molecule has 4 rings (SSSR count). The predicted octanol–water partition coefficient (Wildman–Crippen LogP) is 2.97. The molecule has 4 N–H and O–H groups in total. The van der Waals surface area contributed by atoms with Crippen LogP contribution in [0.25, 0.3) is 0 Å². The summed E-state index contributed by atoms with van der Waals surface area (Å²) in [6.07, 6.45) is 0.500. The number of rotatable bonds is 4. The fourth-order valence-electron chi connectivity index (χ4n) is 4.26. The Morgan fingerprint density at radius 2 is 2.11 bits per heavy atom. The maximum absolute atomic E-state index is 14.9.